The molecule has 1 aliphatic rings. The van der Waals surface area contributed by atoms with Gasteiger partial charge < -0.3 is 4.74 Å². The van der Waals surface area contributed by atoms with E-state index in [-0.39, 0.29) is 5.78 Å². The second-order valence-electron chi connectivity index (χ2n) is 7.77. The summed E-state index contributed by atoms with van der Waals surface area (Å²) in [7, 11) is 1.89. The van der Waals surface area contributed by atoms with Gasteiger partial charge in [-0.2, -0.15) is 5.10 Å². The van der Waals surface area contributed by atoms with Crippen molar-refractivity contribution in [2.45, 2.75) is 39.4 Å². The number of pyridine rings is 1. The minimum atomic E-state index is -0.0344. The summed E-state index contributed by atoms with van der Waals surface area (Å²) in [6, 6.07) is 9.00. The number of carbonyl (C=O) groups excluding carboxylic acids is 1. The summed E-state index contributed by atoms with van der Waals surface area (Å²) in [5.74, 6) is -0.0344. The molecule has 0 spiro atoms. The fraction of sp³-hybridized carbons (Fsp3) is 0.409. The van der Waals surface area contributed by atoms with E-state index in [9.17, 15) is 4.79 Å². The number of hydrogen-bond acceptors (Lipinski definition) is 5. The number of carbonyl (C=O) groups is 1. The Labute approximate surface area is 165 Å². The molecule has 1 fully saturated rings. The first-order chi connectivity index (χ1) is 13.4. The highest BCUT2D eigenvalue weighted by molar-refractivity contribution is 6.01. The van der Waals surface area contributed by atoms with Gasteiger partial charge in [0.2, 0.25) is 0 Å². The lowest BCUT2D eigenvalue weighted by molar-refractivity contribution is -0.0409. The zero-order valence-electron chi connectivity index (χ0n) is 16.8. The molecule has 0 saturated carbocycles. The van der Waals surface area contributed by atoms with Gasteiger partial charge in [0.25, 0.3) is 0 Å². The molecule has 0 unspecified atom stereocenters. The highest BCUT2D eigenvalue weighted by Gasteiger charge is 2.25. The van der Waals surface area contributed by atoms with Gasteiger partial charge in [0.15, 0.2) is 5.78 Å². The SMILES string of the molecule is CC(=O)c1cc(-c2cnn(C)c2)c2ccc(CN3[C@H](C)COC[C@H]3C)cc2n1. The average Bonchev–Trinajstić information content (AvgIpc) is 3.10. The lowest BCUT2D eigenvalue weighted by atomic mass is 10.00. The molecule has 28 heavy (non-hydrogen) atoms. The smallest absolute Gasteiger partial charge is 0.178 e. The van der Waals surface area contributed by atoms with Crippen LogP contribution in [0.2, 0.25) is 0 Å². The van der Waals surface area contributed by atoms with Gasteiger partial charge in [-0.3, -0.25) is 14.4 Å². The Kier molecular flexibility index (Phi) is 5.00. The molecule has 6 nitrogen and oxygen atoms in total. The van der Waals surface area contributed by atoms with E-state index in [1.807, 2.05) is 25.5 Å². The maximum absolute atomic E-state index is 12.1. The third-order valence-electron chi connectivity index (χ3n) is 5.47. The normalized spacial score (nSPS) is 20.6. The van der Waals surface area contributed by atoms with E-state index in [4.69, 9.17) is 4.74 Å². The predicted molar refractivity (Wildman–Crippen MR) is 109 cm³/mol. The molecule has 2 aromatic heterocycles. The van der Waals surface area contributed by atoms with E-state index in [0.29, 0.717) is 17.8 Å². The van der Waals surface area contributed by atoms with Crippen molar-refractivity contribution < 1.29 is 9.53 Å². The fourth-order valence-corrected chi connectivity index (χ4v) is 3.91. The van der Waals surface area contributed by atoms with Gasteiger partial charge >= 0.3 is 0 Å². The van der Waals surface area contributed by atoms with E-state index in [1.54, 1.807) is 11.6 Å². The van der Waals surface area contributed by atoms with Crippen LogP contribution in [-0.4, -0.2) is 50.7 Å². The van der Waals surface area contributed by atoms with Crippen molar-refractivity contribution >= 4 is 16.7 Å². The van der Waals surface area contributed by atoms with Crippen molar-refractivity contribution in [3.8, 4) is 11.1 Å². The van der Waals surface area contributed by atoms with Crippen LogP contribution in [0.15, 0.2) is 36.7 Å². The molecule has 146 valence electrons. The van der Waals surface area contributed by atoms with E-state index >= 15 is 0 Å². The van der Waals surface area contributed by atoms with E-state index in [1.165, 1.54) is 5.56 Å². The number of aromatic nitrogens is 3. The summed E-state index contributed by atoms with van der Waals surface area (Å²) in [5.41, 5.74) is 4.50. The first-order valence-electron chi connectivity index (χ1n) is 9.69. The molecular weight excluding hydrogens is 352 g/mol. The molecule has 0 radical (unpaired) electrons. The van der Waals surface area contributed by atoms with Crippen molar-refractivity contribution in [2.24, 2.45) is 7.05 Å². The largest absolute Gasteiger partial charge is 0.378 e. The number of morpholine rings is 1. The Morgan fingerprint density at radius 2 is 1.96 bits per heavy atom. The topological polar surface area (TPSA) is 60.2 Å². The number of nitrogens with zero attached hydrogens (tertiary/aromatic N) is 4. The summed E-state index contributed by atoms with van der Waals surface area (Å²) >= 11 is 0. The lowest BCUT2D eigenvalue weighted by Gasteiger charge is -2.38. The van der Waals surface area contributed by atoms with Gasteiger partial charge in [0, 0.05) is 49.7 Å². The van der Waals surface area contributed by atoms with Crippen LogP contribution in [0, 0.1) is 0 Å². The zero-order chi connectivity index (χ0) is 19.8. The molecule has 1 aliphatic heterocycles. The van der Waals surface area contributed by atoms with Gasteiger partial charge in [0.1, 0.15) is 5.69 Å². The van der Waals surface area contributed by atoms with Gasteiger partial charge in [-0.05, 0) is 37.1 Å². The molecule has 0 aliphatic carbocycles. The van der Waals surface area contributed by atoms with E-state index in [2.05, 4.69) is 47.0 Å². The molecule has 1 saturated heterocycles. The Hall–Kier alpha value is -2.57. The van der Waals surface area contributed by atoms with Crippen molar-refractivity contribution in [2.75, 3.05) is 13.2 Å². The van der Waals surface area contributed by atoms with Crippen molar-refractivity contribution in [3.63, 3.8) is 0 Å². The summed E-state index contributed by atoms with van der Waals surface area (Å²) < 4.78 is 7.41. The van der Waals surface area contributed by atoms with Crippen molar-refractivity contribution in [1.82, 2.24) is 19.7 Å². The first-order valence-corrected chi connectivity index (χ1v) is 9.69. The monoisotopic (exact) mass is 378 g/mol. The number of benzene rings is 1. The number of Topliss-reactive ketones (excluding diaryl/α,β-unsaturated/α-hetero) is 1. The Morgan fingerprint density at radius 1 is 1.21 bits per heavy atom. The summed E-state index contributed by atoms with van der Waals surface area (Å²) in [5, 5.41) is 5.31. The molecule has 1 aromatic carbocycles. The molecule has 0 N–H and O–H groups in total. The fourth-order valence-electron chi connectivity index (χ4n) is 3.91. The molecule has 2 atom stereocenters. The van der Waals surface area contributed by atoms with E-state index < -0.39 is 0 Å². The molecular formula is C22H26N4O2. The second kappa shape index (κ2) is 7.45. The number of ether oxygens (including phenoxy) is 1. The van der Waals surface area contributed by atoms with Crippen LogP contribution in [0.25, 0.3) is 22.0 Å². The average molecular weight is 378 g/mol. The number of rotatable bonds is 4. The van der Waals surface area contributed by atoms with Crippen molar-refractivity contribution in [3.05, 3.63) is 47.9 Å². The van der Waals surface area contributed by atoms with Gasteiger partial charge in [0.05, 0.1) is 24.9 Å². The van der Waals surface area contributed by atoms with Gasteiger partial charge in [-0.15, -0.1) is 0 Å². The predicted octanol–water partition coefficient (Wildman–Crippen LogP) is 3.45. The Bertz CT molecular complexity index is 1020. The Morgan fingerprint density at radius 3 is 2.61 bits per heavy atom. The highest BCUT2D eigenvalue weighted by atomic mass is 16.5. The van der Waals surface area contributed by atoms with E-state index in [0.717, 1.165) is 41.8 Å². The number of aryl methyl sites for hydroxylation is 1. The summed E-state index contributed by atoms with van der Waals surface area (Å²) in [6.07, 6.45) is 3.79. The van der Waals surface area contributed by atoms with Crippen LogP contribution < -0.4 is 0 Å². The zero-order valence-corrected chi connectivity index (χ0v) is 16.8. The summed E-state index contributed by atoms with van der Waals surface area (Å²) in [4.78, 5) is 19.2. The summed E-state index contributed by atoms with van der Waals surface area (Å²) in [6.45, 7) is 8.32. The van der Waals surface area contributed by atoms with Crippen LogP contribution in [0.1, 0.15) is 36.8 Å². The van der Waals surface area contributed by atoms with Gasteiger partial charge in [-0.1, -0.05) is 12.1 Å². The number of fused-ring (bicyclic) bond motifs is 1. The van der Waals surface area contributed by atoms with Crippen LogP contribution in [0.4, 0.5) is 0 Å². The third kappa shape index (κ3) is 3.57. The van der Waals surface area contributed by atoms with Crippen LogP contribution in [-0.2, 0) is 18.3 Å². The number of ketones is 1. The molecule has 4 rings (SSSR count). The molecule has 3 heterocycles. The van der Waals surface area contributed by atoms with Crippen LogP contribution >= 0.6 is 0 Å². The maximum Gasteiger partial charge on any atom is 0.178 e. The molecule has 6 heteroatoms. The number of hydrogen-bond donors (Lipinski definition) is 0. The van der Waals surface area contributed by atoms with Crippen molar-refractivity contribution in [1.29, 1.82) is 0 Å². The minimum Gasteiger partial charge on any atom is -0.378 e. The van der Waals surface area contributed by atoms with Crippen LogP contribution in [0.5, 0.6) is 0 Å². The standard InChI is InChI=1S/C22H26N4O2/c1-14-12-28-13-15(2)26(14)10-17-5-6-19-20(18-9-23-25(4)11-18)8-21(16(3)27)24-22(19)7-17/h5-9,11,14-15H,10,12-13H2,1-4H3/t14-,15-/m1/s1. The highest BCUT2D eigenvalue weighted by Crippen LogP contribution is 2.30. The molecule has 0 bridgehead atoms. The minimum absolute atomic E-state index is 0.0344. The first kappa shape index (κ1) is 18.8. The molecule has 0 amide bonds. The Balaban J connectivity index is 1.77. The van der Waals surface area contributed by atoms with Gasteiger partial charge in [-0.25, -0.2) is 4.98 Å². The second-order valence-corrected chi connectivity index (χ2v) is 7.77. The quantitative estimate of drug-likeness (QED) is 0.651. The third-order valence-corrected chi connectivity index (χ3v) is 5.47. The van der Waals surface area contributed by atoms with Crippen LogP contribution in [0.3, 0.4) is 0 Å². The molecule has 3 aromatic rings. The maximum atomic E-state index is 12.1. The lowest BCUT2D eigenvalue weighted by Crippen LogP contribution is -2.48.